The zero-order valence-electron chi connectivity index (χ0n) is 15.3. The number of rotatable bonds is 0. The van der Waals surface area contributed by atoms with Gasteiger partial charge in [-0.05, 0) is 72.0 Å². The van der Waals surface area contributed by atoms with Gasteiger partial charge in [0.05, 0.1) is 0 Å². The summed E-state index contributed by atoms with van der Waals surface area (Å²) in [7, 11) is 0. The first-order chi connectivity index (χ1) is 12.8. The van der Waals surface area contributed by atoms with Gasteiger partial charge in [0.2, 0.25) is 0 Å². The normalized spacial score (nSPS) is 55.0. The summed E-state index contributed by atoms with van der Waals surface area (Å²) >= 11 is 0. The molecule has 134 valence electrons. The molecule has 10 atom stereocenters. The molecule has 0 heterocycles. The first-order valence-corrected chi connectivity index (χ1v) is 10.6. The fourth-order valence-corrected chi connectivity index (χ4v) is 8.17. The molecule has 10 unspecified atom stereocenters. The number of allylic oxidation sites excluding steroid dienone is 11. The van der Waals surface area contributed by atoms with Gasteiger partial charge in [0.25, 0.3) is 0 Å². The van der Waals surface area contributed by atoms with Crippen molar-refractivity contribution in [3.05, 3.63) is 72.9 Å². The van der Waals surface area contributed by atoms with Crippen molar-refractivity contribution in [2.45, 2.75) is 25.3 Å². The molecular formula is C25H29N. The van der Waals surface area contributed by atoms with Crippen LogP contribution in [0.5, 0.6) is 0 Å². The number of hydrogen-bond acceptors (Lipinski definition) is 1. The molecular weight excluding hydrogens is 314 g/mol. The second kappa shape index (κ2) is 5.45. The molecule has 0 radical (unpaired) electrons. The molecule has 0 aromatic carbocycles. The van der Waals surface area contributed by atoms with Gasteiger partial charge < -0.3 is 5.73 Å². The van der Waals surface area contributed by atoms with E-state index >= 15 is 0 Å². The fraction of sp³-hybridized carbons (Fsp3) is 0.520. The van der Waals surface area contributed by atoms with Gasteiger partial charge in [0.15, 0.2) is 0 Å². The van der Waals surface area contributed by atoms with Crippen LogP contribution in [0.25, 0.3) is 0 Å². The molecule has 2 saturated carbocycles. The molecule has 1 nitrogen and oxygen atoms in total. The Bertz CT molecular complexity index is 768. The first kappa shape index (κ1) is 15.5. The molecule has 0 saturated heterocycles. The Hall–Kier alpha value is -1.60. The summed E-state index contributed by atoms with van der Waals surface area (Å²) in [6.45, 7) is 0. The van der Waals surface area contributed by atoms with Crippen molar-refractivity contribution in [1.82, 2.24) is 0 Å². The van der Waals surface area contributed by atoms with Crippen LogP contribution in [-0.2, 0) is 0 Å². The van der Waals surface area contributed by atoms with Gasteiger partial charge in [-0.25, -0.2) is 0 Å². The highest BCUT2D eigenvalue weighted by Gasteiger charge is 2.70. The second-order valence-electron chi connectivity index (χ2n) is 9.40. The molecule has 6 aliphatic carbocycles. The van der Waals surface area contributed by atoms with Crippen LogP contribution in [0.1, 0.15) is 19.3 Å². The Morgan fingerprint density at radius 2 is 1.31 bits per heavy atom. The third-order valence-corrected chi connectivity index (χ3v) is 8.72. The van der Waals surface area contributed by atoms with E-state index in [2.05, 4.69) is 72.9 Å². The maximum Gasteiger partial charge on any atom is 0.0226 e. The maximum absolute atomic E-state index is 6.50. The minimum Gasteiger partial charge on any atom is -0.324 e. The van der Waals surface area contributed by atoms with Crippen molar-refractivity contribution in [2.24, 2.45) is 58.5 Å². The SMILES string of the molecule is NC1C=CC2C3C=CC=CC3C3(C4C=CC=CC4C4C=CCCC43)C2C1. The molecule has 0 amide bonds. The van der Waals surface area contributed by atoms with Gasteiger partial charge >= 0.3 is 0 Å². The quantitative estimate of drug-likeness (QED) is 0.627. The predicted molar refractivity (Wildman–Crippen MR) is 107 cm³/mol. The average molecular weight is 344 g/mol. The molecule has 0 bridgehead atoms. The van der Waals surface area contributed by atoms with E-state index in [1.165, 1.54) is 19.3 Å². The summed E-state index contributed by atoms with van der Waals surface area (Å²) in [6.07, 6.45) is 33.0. The monoisotopic (exact) mass is 343 g/mol. The summed E-state index contributed by atoms with van der Waals surface area (Å²) in [5.74, 6) is 5.59. The Balaban J connectivity index is 1.58. The summed E-state index contributed by atoms with van der Waals surface area (Å²) in [5, 5.41) is 0. The predicted octanol–water partition coefficient (Wildman–Crippen LogP) is 4.82. The molecule has 2 N–H and O–H groups in total. The van der Waals surface area contributed by atoms with Gasteiger partial charge in [0.1, 0.15) is 0 Å². The third kappa shape index (κ3) is 1.76. The largest absolute Gasteiger partial charge is 0.324 e. The van der Waals surface area contributed by atoms with Crippen molar-refractivity contribution in [3.8, 4) is 0 Å². The minimum atomic E-state index is 0.237. The maximum atomic E-state index is 6.50. The van der Waals surface area contributed by atoms with E-state index in [0.29, 0.717) is 35.0 Å². The summed E-state index contributed by atoms with van der Waals surface area (Å²) < 4.78 is 0. The van der Waals surface area contributed by atoms with Gasteiger partial charge in [-0.15, -0.1) is 0 Å². The molecule has 6 rings (SSSR count). The van der Waals surface area contributed by atoms with Crippen LogP contribution in [-0.4, -0.2) is 6.04 Å². The van der Waals surface area contributed by atoms with Crippen LogP contribution < -0.4 is 5.73 Å². The van der Waals surface area contributed by atoms with E-state index in [-0.39, 0.29) is 6.04 Å². The van der Waals surface area contributed by atoms with Crippen molar-refractivity contribution in [1.29, 1.82) is 0 Å². The van der Waals surface area contributed by atoms with Crippen molar-refractivity contribution in [2.75, 3.05) is 0 Å². The zero-order chi connectivity index (χ0) is 17.3. The lowest BCUT2D eigenvalue weighted by molar-refractivity contribution is 0.0300. The fourth-order valence-electron chi connectivity index (χ4n) is 8.17. The van der Waals surface area contributed by atoms with Crippen LogP contribution in [0.2, 0.25) is 0 Å². The van der Waals surface area contributed by atoms with Crippen molar-refractivity contribution in [3.63, 3.8) is 0 Å². The van der Waals surface area contributed by atoms with Crippen LogP contribution in [0.15, 0.2) is 72.9 Å². The van der Waals surface area contributed by atoms with E-state index in [4.69, 9.17) is 5.73 Å². The zero-order valence-corrected chi connectivity index (χ0v) is 15.3. The van der Waals surface area contributed by atoms with E-state index in [1.807, 2.05) is 0 Å². The molecule has 6 aliphatic rings. The Labute approximate surface area is 157 Å². The molecule has 26 heavy (non-hydrogen) atoms. The standard InChI is InChI=1S/C25H29N/c26-16-13-14-20-19-9-3-6-12-23(19)25(24(20)15-16)21-10-4-1-7-17(21)18-8-2-5-11-22(18)25/h1-4,6-10,12-14,16-24H,5,11,15,26H2. The average Bonchev–Trinajstić information content (AvgIpc) is 3.15. The highest BCUT2D eigenvalue weighted by molar-refractivity contribution is 5.37. The van der Waals surface area contributed by atoms with Crippen LogP contribution in [0.3, 0.4) is 0 Å². The molecule has 0 aliphatic heterocycles. The summed E-state index contributed by atoms with van der Waals surface area (Å²) in [4.78, 5) is 0. The molecule has 0 aromatic rings. The smallest absolute Gasteiger partial charge is 0.0226 e. The minimum absolute atomic E-state index is 0.237. The highest BCUT2D eigenvalue weighted by atomic mass is 14.8. The van der Waals surface area contributed by atoms with Gasteiger partial charge in [0, 0.05) is 6.04 Å². The molecule has 2 fully saturated rings. The lowest BCUT2D eigenvalue weighted by Gasteiger charge is -2.49. The lowest BCUT2D eigenvalue weighted by Crippen LogP contribution is -2.45. The Morgan fingerprint density at radius 3 is 2.04 bits per heavy atom. The lowest BCUT2D eigenvalue weighted by atomic mass is 9.55. The second-order valence-corrected chi connectivity index (χ2v) is 9.40. The third-order valence-electron chi connectivity index (χ3n) is 8.72. The van der Waals surface area contributed by atoms with E-state index in [0.717, 1.165) is 17.8 Å². The highest BCUT2D eigenvalue weighted by Crippen LogP contribution is 2.74. The van der Waals surface area contributed by atoms with Gasteiger partial charge in [-0.2, -0.15) is 0 Å². The molecule has 0 aromatic heterocycles. The summed E-state index contributed by atoms with van der Waals surface area (Å²) in [6, 6.07) is 0.237. The van der Waals surface area contributed by atoms with E-state index < -0.39 is 0 Å². The van der Waals surface area contributed by atoms with E-state index in [1.54, 1.807) is 0 Å². The number of fused-ring (bicyclic) bond motifs is 10. The Kier molecular flexibility index (Phi) is 3.24. The Morgan fingerprint density at radius 1 is 0.654 bits per heavy atom. The van der Waals surface area contributed by atoms with Crippen LogP contribution in [0, 0.1) is 52.8 Å². The van der Waals surface area contributed by atoms with Crippen LogP contribution >= 0.6 is 0 Å². The number of hydrogen-bond donors (Lipinski definition) is 1. The van der Waals surface area contributed by atoms with Crippen LogP contribution in [0.4, 0.5) is 0 Å². The number of nitrogens with two attached hydrogens (primary N) is 1. The first-order valence-electron chi connectivity index (χ1n) is 10.6. The van der Waals surface area contributed by atoms with Crippen molar-refractivity contribution >= 4 is 0 Å². The topological polar surface area (TPSA) is 26.0 Å². The molecule has 1 heteroatoms. The van der Waals surface area contributed by atoms with Gasteiger partial charge in [-0.3, -0.25) is 0 Å². The van der Waals surface area contributed by atoms with Gasteiger partial charge in [-0.1, -0.05) is 72.9 Å². The van der Waals surface area contributed by atoms with E-state index in [9.17, 15) is 0 Å². The molecule has 1 spiro atoms. The summed E-state index contributed by atoms with van der Waals surface area (Å²) in [5.41, 5.74) is 6.87. The van der Waals surface area contributed by atoms with Crippen molar-refractivity contribution < 1.29 is 0 Å².